The van der Waals surface area contributed by atoms with E-state index in [0.717, 1.165) is 17.4 Å². The van der Waals surface area contributed by atoms with Gasteiger partial charge in [-0.25, -0.2) is 4.58 Å². The van der Waals surface area contributed by atoms with Crippen LogP contribution in [0.25, 0.3) is 0 Å². The number of hydrogen-bond donors (Lipinski definition) is 0. The lowest BCUT2D eigenvalue weighted by Crippen LogP contribution is -2.50. The molecule has 2 aromatic rings. The van der Waals surface area contributed by atoms with E-state index in [0.29, 0.717) is 5.92 Å². The third-order valence-electron chi connectivity index (χ3n) is 6.40. The zero-order valence-corrected chi connectivity index (χ0v) is 18.5. The molecule has 1 saturated heterocycles. The van der Waals surface area contributed by atoms with Gasteiger partial charge in [0.25, 0.3) is 0 Å². The van der Waals surface area contributed by atoms with Gasteiger partial charge in [0.15, 0.2) is 18.3 Å². The molecular formula is C25H30BrN2+. The molecule has 3 heteroatoms. The Hall–Kier alpha value is -1.87. The van der Waals surface area contributed by atoms with Gasteiger partial charge in [-0.1, -0.05) is 58.4 Å². The summed E-state index contributed by atoms with van der Waals surface area (Å²) in [5.41, 5.74) is 4.35. The van der Waals surface area contributed by atoms with Crippen LogP contribution < -0.4 is 0 Å². The van der Waals surface area contributed by atoms with E-state index < -0.39 is 0 Å². The molecule has 0 aliphatic carbocycles. The molecule has 0 saturated carbocycles. The molecule has 1 fully saturated rings. The van der Waals surface area contributed by atoms with Crippen LogP contribution >= 0.6 is 15.9 Å². The SMILES string of the molecule is CC1(C)C(Cc2ccc(Br)cc2)C(N2CCCC2)=CC=[N+]1Cc1ccccc1. The lowest BCUT2D eigenvalue weighted by Gasteiger charge is -2.39. The summed E-state index contributed by atoms with van der Waals surface area (Å²) in [6.07, 6.45) is 8.43. The molecule has 1 unspecified atom stereocenters. The molecule has 0 radical (unpaired) electrons. The van der Waals surface area contributed by atoms with Crippen molar-refractivity contribution in [3.8, 4) is 0 Å². The molecule has 2 nitrogen and oxygen atoms in total. The first-order valence-electron chi connectivity index (χ1n) is 10.4. The van der Waals surface area contributed by atoms with Crippen LogP contribution in [0.5, 0.6) is 0 Å². The van der Waals surface area contributed by atoms with Gasteiger partial charge in [0.05, 0.1) is 5.92 Å². The highest BCUT2D eigenvalue weighted by atomic mass is 79.9. The number of benzene rings is 2. The fourth-order valence-corrected chi connectivity index (χ4v) is 4.85. The van der Waals surface area contributed by atoms with Gasteiger partial charge in [-0.3, -0.25) is 0 Å². The fourth-order valence-electron chi connectivity index (χ4n) is 4.58. The van der Waals surface area contributed by atoms with E-state index >= 15 is 0 Å². The van der Waals surface area contributed by atoms with E-state index in [1.165, 1.54) is 42.8 Å². The van der Waals surface area contributed by atoms with Crippen LogP contribution in [0.2, 0.25) is 0 Å². The van der Waals surface area contributed by atoms with Crippen molar-refractivity contribution >= 4 is 22.1 Å². The van der Waals surface area contributed by atoms with Crippen molar-refractivity contribution in [3.63, 3.8) is 0 Å². The minimum absolute atomic E-state index is 0.0512. The average Bonchev–Trinajstić information content (AvgIpc) is 3.22. The summed E-state index contributed by atoms with van der Waals surface area (Å²) >= 11 is 3.57. The highest BCUT2D eigenvalue weighted by Crippen LogP contribution is 2.37. The molecular weight excluding hydrogens is 408 g/mol. The van der Waals surface area contributed by atoms with Crippen LogP contribution in [-0.2, 0) is 13.0 Å². The van der Waals surface area contributed by atoms with Crippen LogP contribution in [0.1, 0.15) is 37.8 Å². The zero-order valence-electron chi connectivity index (χ0n) is 16.9. The quantitative estimate of drug-likeness (QED) is 0.546. The van der Waals surface area contributed by atoms with Gasteiger partial charge in [0.1, 0.15) is 0 Å². The molecule has 146 valence electrons. The predicted octanol–water partition coefficient (Wildman–Crippen LogP) is 5.66. The third kappa shape index (κ3) is 4.10. The van der Waals surface area contributed by atoms with E-state index in [1.807, 2.05) is 0 Å². The van der Waals surface area contributed by atoms with Crippen LogP contribution in [0.3, 0.4) is 0 Å². The Kier molecular flexibility index (Phi) is 5.73. The molecule has 0 aromatic heterocycles. The maximum atomic E-state index is 3.57. The summed E-state index contributed by atoms with van der Waals surface area (Å²) in [6.45, 7) is 8.18. The summed E-state index contributed by atoms with van der Waals surface area (Å²) < 4.78 is 3.68. The normalized spacial score (nSPS) is 21.4. The summed E-state index contributed by atoms with van der Waals surface area (Å²) in [4.78, 5) is 2.63. The third-order valence-corrected chi connectivity index (χ3v) is 6.92. The van der Waals surface area contributed by atoms with E-state index in [9.17, 15) is 0 Å². The molecule has 2 aromatic carbocycles. The molecule has 0 bridgehead atoms. The second-order valence-corrected chi connectivity index (χ2v) is 9.50. The monoisotopic (exact) mass is 437 g/mol. The largest absolute Gasteiger partial charge is 0.374 e. The van der Waals surface area contributed by atoms with Crippen molar-refractivity contribution in [1.29, 1.82) is 0 Å². The lowest BCUT2D eigenvalue weighted by molar-refractivity contribution is -0.621. The topological polar surface area (TPSA) is 6.25 Å². The fraction of sp³-hybridized carbons (Fsp3) is 0.400. The van der Waals surface area contributed by atoms with Gasteiger partial charge in [-0.15, -0.1) is 0 Å². The van der Waals surface area contributed by atoms with Crippen molar-refractivity contribution < 1.29 is 4.58 Å². The number of allylic oxidation sites excluding steroid dienone is 1. The molecule has 0 N–H and O–H groups in total. The van der Waals surface area contributed by atoms with Crippen molar-refractivity contribution in [2.75, 3.05) is 13.1 Å². The number of rotatable bonds is 5. The Morgan fingerprint density at radius 2 is 1.64 bits per heavy atom. The molecule has 2 heterocycles. The van der Waals surface area contributed by atoms with Crippen molar-refractivity contribution in [2.24, 2.45) is 5.92 Å². The molecule has 2 aliphatic heterocycles. The van der Waals surface area contributed by atoms with Gasteiger partial charge in [0, 0.05) is 48.7 Å². The van der Waals surface area contributed by atoms with E-state index in [2.05, 4.69) is 106 Å². The van der Waals surface area contributed by atoms with Gasteiger partial charge >= 0.3 is 0 Å². The minimum atomic E-state index is 0.0512. The first-order chi connectivity index (χ1) is 13.5. The molecule has 0 spiro atoms. The predicted molar refractivity (Wildman–Crippen MR) is 121 cm³/mol. The summed E-state index contributed by atoms with van der Waals surface area (Å²) in [5, 5.41) is 0. The van der Waals surface area contributed by atoms with Gasteiger partial charge < -0.3 is 4.90 Å². The number of halogens is 1. The standard InChI is InChI=1S/C25H30BrN2/c1-25(2)23(18-20-10-12-22(26)13-11-20)24(27-15-6-7-16-27)14-17-28(25)19-21-8-4-3-5-9-21/h3-5,8-14,17,23H,6-7,15-16,18-19H2,1-2H3/q+1. The van der Waals surface area contributed by atoms with Crippen molar-refractivity contribution in [1.82, 2.24) is 4.90 Å². The first kappa shape index (κ1) is 19.4. The Morgan fingerprint density at radius 3 is 2.32 bits per heavy atom. The van der Waals surface area contributed by atoms with Crippen LogP contribution in [0, 0.1) is 5.92 Å². The van der Waals surface area contributed by atoms with Crippen LogP contribution in [0.4, 0.5) is 0 Å². The zero-order chi connectivity index (χ0) is 19.6. The highest BCUT2D eigenvalue weighted by Gasteiger charge is 2.45. The van der Waals surface area contributed by atoms with Crippen LogP contribution in [0.15, 0.2) is 70.8 Å². The Labute approximate surface area is 177 Å². The molecule has 1 atom stereocenters. The lowest BCUT2D eigenvalue weighted by atomic mass is 9.77. The Balaban J connectivity index is 1.66. The van der Waals surface area contributed by atoms with E-state index in [-0.39, 0.29) is 5.54 Å². The molecule has 28 heavy (non-hydrogen) atoms. The maximum Gasteiger partial charge on any atom is 0.168 e. The van der Waals surface area contributed by atoms with Crippen molar-refractivity contribution in [3.05, 3.63) is 82.0 Å². The second-order valence-electron chi connectivity index (χ2n) is 8.59. The average molecular weight is 438 g/mol. The van der Waals surface area contributed by atoms with Crippen LogP contribution in [-0.4, -0.2) is 34.3 Å². The number of nitrogens with zero attached hydrogens (tertiary/aromatic N) is 2. The molecule has 4 rings (SSSR count). The second kappa shape index (κ2) is 8.24. The Bertz CT molecular complexity index is 859. The molecule has 0 amide bonds. The van der Waals surface area contributed by atoms with Gasteiger partial charge in [-0.05, 0) is 37.0 Å². The summed E-state index contributed by atoms with van der Waals surface area (Å²) in [5.74, 6) is 0.473. The van der Waals surface area contributed by atoms with Gasteiger partial charge in [0.2, 0.25) is 0 Å². The number of likely N-dealkylation sites (tertiary alicyclic amines) is 1. The van der Waals surface area contributed by atoms with E-state index in [4.69, 9.17) is 0 Å². The van der Waals surface area contributed by atoms with E-state index in [1.54, 1.807) is 0 Å². The summed E-state index contributed by atoms with van der Waals surface area (Å²) in [7, 11) is 0. The molecule has 2 aliphatic rings. The number of hydrogen-bond acceptors (Lipinski definition) is 1. The van der Waals surface area contributed by atoms with Gasteiger partial charge in [-0.2, -0.15) is 0 Å². The highest BCUT2D eigenvalue weighted by molar-refractivity contribution is 9.10. The van der Waals surface area contributed by atoms with Crippen molar-refractivity contribution in [2.45, 2.75) is 45.2 Å². The minimum Gasteiger partial charge on any atom is -0.374 e. The maximum absolute atomic E-state index is 3.57. The smallest absolute Gasteiger partial charge is 0.168 e. The summed E-state index contributed by atoms with van der Waals surface area (Å²) in [6, 6.07) is 19.7. The Morgan fingerprint density at radius 1 is 0.964 bits per heavy atom. The first-order valence-corrected chi connectivity index (χ1v) is 11.2.